The van der Waals surface area contributed by atoms with Crippen LogP contribution in [-0.2, 0) is 4.79 Å². The van der Waals surface area contributed by atoms with Gasteiger partial charge >= 0.3 is 0 Å². The minimum absolute atomic E-state index is 0.145. The Bertz CT molecular complexity index is 427. The Morgan fingerprint density at radius 3 is 2.53 bits per heavy atom. The Labute approximate surface area is 101 Å². The maximum absolute atomic E-state index is 11.8. The lowest BCUT2D eigenvalue weighted by Crippen LogP contribution is -2.32. The van der Waals surface area contributed by atoms with Crippen molar-refractivity contribution < 1.29 is 4.79 Å². The first kappa shape index (κ1) is 11.5. The van der Waals surface area contributed by atoms with E-state index in [1.54, 1.807) is 12.1 Å². The monoisotopic (exact) mass is 229 g/mol. The number of likely N-dealkylation sites (tertiary alicyclic amines) is 1. The van der Waals surface area contributed by atoms with Crippen molar-refractivity contribution >= 4 is 11.6 Å². The third-order valence-electron chi connectivity index (χ3n) is 2.92. The average Bonchev–Trinajstić information content (AvgIpc) is 2.90. The number of nitrogens with zero attached hydrogens (tertiary/aromatic N) is 2. The highest BCUT2D eigenvalue weighted by atomic mass is 16.2. The lowest BCUT2D eigenvalue weighted by molar-refractivity contribution is -0.128. The molecule has 1 N–H and O–H groups in total. The van der Waals surface area contributed by atoms with Gasteiger partial charge in [0.15, 0.2) is 0 Å². The van der Waals surface area contributed by atoms with E-state index in [4.69, 9.17) is 5.26 Å². The average molecular weight is 229 g/mol. The summed E-state index contributed by atoms with van der Waals surface area (Å²) in [6.07, 6.45) is 2.23. The number of carbonyl (C=O) groups is 1. The molecule has 1 aliphatic rings. The van der Waals surface area contributed by atoms with Gasteiger partial charge in [-0.1, -0.05) is 0 Å². The van der Waals surface area contributed by atoms with Crippen molar-refractivity contribution in [3.63, 3.8) is 0 Å². The number of amides is 1. The van der Waals surface area contributed by atoms with Crippen molar-refractivity contribution in [3.8, 4) is 6.07 Å². The number of rotatable bonds is 3. The van der Waals surface area contributed by atoms with E-state index in [2.05, 4.69) is 11.4 Å². The Morgan fingerprint density at radius 1 is 1.29 bits per heavy atom. The maximum Gasteiger partial charge on any atom is 0.241 e. The van der Waals surface area contributed by atoms with Gasteiger partial charge in [-0.3, -0.25) is 4.79 Å². The van der Waals surface area contributed by atoms with Crippen LogP contribution in [0, 0.1) is 11.3 Å². The SMILES string of the molecule is N#Cc1ccc(NCC(=O)N2CCCC2)cc1. The van der Waals surface area contributed by atoms with Crippen molar-refractivity contribution in [2.75, 3.05) is 25.0 Å². The van der Waals surface area contributed by atoms with Crippen LogP contribution >= 0.6 is 0 Å². The standard InChI is InChI=1S/C13H15N3O/c14-9-11-3-5-12(6-4-11)15-10-13(17)16-7-1-2-8-16/h3-6,15H,1-2,7-8,10H2. The topological polar surface area (TPSA) is 56.1 Å². The van der Waals surface area contributed by atoms with Crippen LogP contribution in [0.4, 0.5) is 5.69 Å². The summed E-state index contributed by atoms with van der Waals surface area (Å²) < 4.78 is 0. The summed E-state index contributed by atoms with van der Waals surface area (Å²) in [6.45, 7) is 2.09. The molecule has 1 aromatic carbocycles. The number of benzene rings is 1. The molecule has 1 saturated heterocycles. The molecule has 1 fully saturated rings. The molecule has 88 valence electrons. The van der Waals surface area contributed by atoms with Crippen molar-refractivity contribution in [2.45, 2.75) is 12.8 Å². The second-order valence-corrected chi connectivity index (χ2v) is 4.13. The van der Waals surface area contributed by atoms with Crippen molar-refractivity contribution in [2.24, 2.45) is 0 Å². The van der Waals surface area contributed by atoms with Crippen LogP contribution in [-0.4, -0.2) is 30.4 Å². The summed E-state index contributed by atoms with van der Waals surface area (Å²) in [7, 11) is 0. The molecule has 4 nitrogen and oxygen atoms in total. The van der Waals surface area contributed by atoms with Crippen LogP contribution in [0.1, 0.15) is 18.4 Å². The summed E-state index contributed by atoms with van der Waals surface area (Å²) in [5.41, 5.74) is 1.50. The van der Waals surface area contributed by atoms with Crippen LogP contribution in [0.3, 0.4) is 0 Å². The first-order valence-corrected chi connectivity index (χ1v) is 5.81. The van der Waals surface area contributed by atoms with Gasteiger partial charge in [0.05, 0.1) is 18.2 Å². The second kappa shape index (κ2) is 5.35. The summed E-state index contributed by atoms with van der Waals surface area (Å²) >= 11 is 0. The van der Waals surface area contributed by atoms with Gasteiger partial charge in [-0.15, -0.1) is 0 Å². The Balaban J connectivity index is 1.84. The van der Waals surface area contributed by atoms with Crippen molar-refractivity contribution in [3.05, 3.63) is 29.8 Å². The van der Waals surface area contributed by atoms with Crippen LogP contribution < -0.4 is 5.32 Å². The fraction of sp³-hybridized carbons (Fsp3) is 0.385. The minimum Gasteiger partial charge on any atom is -0.376 e. The highest BCUT2D eigenvalue weighted by molar-refractivity contribution is 5.81. The maximum atomic E-state index is 11.8. The van der Waals surface area contributed by atoms with Gasteiger partial charge in [-0.2, -0.15) is 5.26 Å². The van der Waals surface area contributed by atoms with Gasteiger partial charge < -0.3 is 10.2 Å². The first-order chi connectivity index (χ1) is 8.29. The number of nitriles is 1. The molecule has 0 radical (unpaired) electrons. The molecular weight excluding hydrogens is 214 g/mol. The highest BCUT2D eigenvalue weighted by Gasteiger charge is 2.16. The van der Waals surface area contributed by atoms with Gasteiger partial charge in [0, 0.05) is 18.8 Å². The van der Waals surface area contributed by atoms with Crippen molar-refractivity contribution in [1.29, 1.82) is 5.26 Å². The van der Waals surface area contributed by atoms with E-state index in [1.165, 1.54) is 0 Å². The molecule has 0 aromatic heterocycles. The molecule has 0 spiro atoms. The van der Waals surface area contributed by atoms with E-state index in [0.29, 0.717) is 12.1 Å². The number of anilines is 1. The second-order valence-electron chi connectivity index (χ2n) is 4.13. The quantitative estimate of drug-likeness (QED) is 0.856. The smallest absolute Gasteiger partial charge is 0.241 e. The number of hydrogen-bond donors (Lipinski definition) is 1. The van der Waals surface area contributed by atoms with E-state index in [9.17, 15) is 4.79 Å². The molecule has 0 unspecified atom stereocenters. The molecule has 0 aliphatic carbocycles. The molecule has 0 atom stereocenters. The molecule has 1 amide bonds. The normalized spacial score (nSPS) is 14.4. The molecule has 1 aromatic rings. The molecular formula is C13H15N3O. The molecule has 0 bridgehead atoms. The third kappa shape index (κ3) is 2.97. The van der Waals surface area contributed by atoms with Gasteiger partial charge in [0.2, 0.25) is 5.91 Å². The van der Waals surface area contributed by atoms with E-state index in [1.807, 2.05) is 17.0 Å². The molecule has 1 aliphatic heterocycles. The van der Waals surface area contributed by atoms with Gasteiger partial charge in [-0.05, 0) is 37.1 Å². The number of hydrogen-bond acceptors (Lipinski definition) is 3. The molecule has 0 saturated carbocycles. The van der Waals surface area contributed by atoms with Crippen LogP contribution in [0.25, 0.3) is 0 Å². The molecule has 1 heterocycles. The lowest BCUT2D eigenvalue weighted by Gasteiger charge is -2.15. The minimum atomic E-state index is 0.145. The molecule has 2 rings (SSSR count). The number of nitrogens with one attached hydrogen (secondary N) is 1. The Morgan fingerprint density at radius 2 is 1.94 bits per heavy atom. The third-order valence-corrected chi connectivity index (χ3v) is 2.92. The predicted molar refractivity (Wildman–Crippen MR) is 65.5 cm³/mol. The molecule has 4 heteroatoms. The van der Waals surface area contributed by atoms with E-state index < -0.39 is 0 Å². The zero-order valence-corrected chi connectivity index (χ0v) is 9.65. The Kier molecular flexibility index (Phi) is 3.61. The fourth-order valence-electron chi connectivity index (χ4n) is 1.92. The van der Waals surface area contributed by atoms with E-state index >= 15 is 0 Å². The van der Waals surface area contributed by atoms with Crippen LogP contribution in [0.5, 0.6) is 0 Å². The zero-order chi connectivity index (χ0) is 12.1. The lowest BCUT2D eigenvalue weighted by atomic mass is 10.2. The number of carbonyl (C=O) groups excluding carboxylic acids is 1. The van der Waals surface area contributed by atoms with Gasteiger partial charge in [0.1, 0.15) is 0 Å². The van der Waals surface area contributed by atoms with Crippen molar-refractivity contribution in [1.82, 2.24) is 4.90 Å². The summed E-state index contributed by atoms with van der Waals surface area (Å²) in [5.74, 6) is 0.145. The van der Waals surface area contributed by atoms with E-state index in [0.717, 1.165) is 31.6 Å². The van der Waals surface area contributed by atoms with E-state index in [-0.39, 0.29) is 5.91 Å². The fourth-order valence-corrected chi connectivity index (χ4v) is 1.92. The summed E-state index contributed by atoms with van der Waals surface area (Å²) in [5, 5.41) is 11.7. The summed E-state index contributed by atoms with van der Waals surface area (Å²) in [6, 6.07) is 9.17. The molecule has 17 heavy (non-hydrogen) atoms. The highest BCUT2D eigenvalue weighted by Crippen LogP contribution is 2.10. The zero-order valence-electron chi connectivity index (χ0n) is 9.65. The van der Waals surface area contributed by atoms with Gasteiger partial charge in [-0.25, -0.2) is 0 Å². The predicted octanol–water partition coefficient (Wildman–Crippen LogP) is 1.59. The first-order valence-electron chi connectivity index (χ1n) is 5.81. The summed E-state index contributed by atoms with van der Waals surface area (Å²) in [4.78, 5) is 13.6. The van der Waals surface area contributed by atoms with Crippen LogP contribution in [0.2, 0.25) is 0 Å². The largest absolute Gasteiger partial charge is 0.376 e. The van der Waals surface area contributed by atoms with Gasteiger partial charge in [0.25, 0.3) is 0 Å². The van der Waals surface area contributed by atoms with Crippen LogP contribution in [0.15, 0.2) is 24.3 Å². The Hall–Kier alpha value is -2.02.